The summed E-state index contributed by atoms with van der Waals surface area (Å²) >= 11 is 1.63. The molecule has 2 aromatic carbocycles. The second-order valence-corrected chi connectivity index (χ2v) is 5.47. The highest BCUT2D eigenvalue weighted by Gasteiger charge is 2.02. The largest absolute Gasteiger partial charge is 0.316 e. The van der Waals surface area contributed by atoms with E-state index < -0.39 is 0 Å². The quantitative estimate of drug-likeness (QED) is 0.851. The van der Waals surface area contributed by atoms with Crippen LogP contribution in [0.1, 0.15) is 16.7 Å². The van der Waals surface area contributed by atoms with E-state index in [2.05, 4.69) is 29.6 Å². The molecule has 1 N–H and O–H groups in total. The Morgan fingerprint density at radius 1 is 1.15 bits per heavy atom. The first-order valence-corrected chi connectivity index (χ1v) is 7.26. The van der Waals surface area contributed by atoms with E-state index in [0.717, 1.165) is 17.0 Å². The minimum atomic E-state index is -0.357. The summed E-state index contributed by atoms with van der Waals surface area (Å²) < 4.78 is 13.3. The Kier molecular flexibility index (Phi) is 5.16. The van der Waals surface area contributed by atoms with Gasteiger partial charge < -0.3 is 5.32 Å². The SMILES string of the molecule is CNCc1ccc(SCc2cc(F)cc(C#N)c2)cc1. The number of halogens is 1. The summed E-state index contributed by atoms with van der Waals surface area (Å²) in [5.41, 5.74) is 2.42. The monoisotopic (exact) mass is 286 g/mol. The molecule has 0 bridgehead atoms. The summed E-state index contributed by atoms with van der Waals surface area (Å²) in [4.78, 5) is 1.13. The molecule has 102 valence electrons. The molecule has 2 aromatic rings. The summed E-state index contributed by atoms with van der Waals surface area (Å²) in [5.74, 6) is 0.293. The Morgan fingerprint density at radius 3 is 2.55 bits per heavy atom. The van der Waals surface area contributed by atoms with Crippen molar-refractivity contribution in [3.8, 4) is 6.07 Å². The van der Waals surface area contributed by atoms with Crippen LogP contribution in [-0.4, -0.2) is 7.05 Å². The molecule has 0 aliphatic rings. The standard InChI is InChI=1S/C16H15FN2S/c1-19-10-12-2-4-16(5-3-12)20-11-14-6-13(9-18)7-15(17)8-14/h2-8,19H,10-11H2,1H3. The maximum absolute atomic E-state index is 13.3. The summed E-state index contributed by atoms with van der Waals surface area (Å²) in [6.07, 6.45) is 0. The molecule has 0 unspecified atom stereocenters. The fraction of sp³-hybridized carbons (Fsp3) is 0.188. The maximum atomic E-state index is 13.3. The highest BCUT2D eigenvalue weighted by atomic mass is 32.2. The van der Waals surface area contributed by atoms with Gasteiger partial charge in [-0.15, -0.1) is 11.8 Å². The molecule has 0 amide bonds. The third-order valence-electron chi connectivity index (χ3n) is 2.80. The van der Waals surface area contributed by atoms with Gasteiger partial charge in [-0.1, -0.05) is 12.1 Å². The van der Waals surface area contributed by atoms with E-state index in [9.17, 15) is 4.39 Å². The predicted molar refractivity (Wildman–Crippen MR) is 79.9 cm³/mol. The van der Waals surface area contributed by atoms with Crippen LogP contribution in [0.15, 0.2) is 47.4 Å². The number of rotatable bonds is 5. The number of hydrogen-bond donors (Lipinski definition) is 1. The Labute approximate surface area is 122 Å². The fourth-order valence-corrected chi connectivity index (χ4v) is 2.70. The molecule has 20 heavy (non-hydrogen) atoms. The average molecular weight is 286 g/mol. The van der Waals surface area contributed by atoms with E-state index >= 15 is 0 Å². The molecule has 0 atom stereocenters. The second-order valence-electron chi connectivity index (χ2n) is 4.42. The molecule has 4 heteroatoms. The van der Waals surface area contributed by atoms with Gasteiger partial charge in [0, 0.05) is 17.2 Å². The molecule has 0 aliphatic carbocycles. The molecular formula is C16H15FN2S. The smallest absolute Gasteiger partial charge is 0.124 e. The van der Waals surface area contributed by atoms with Crippen LogP contribution in [0.4, 0.5) is 4.39 Å². The fourth-order valence-electron chi connectivity index (χ4n) is 1.87. The van der Waals surface area contributed by atoms with Gasteiger partial charge in [-0.3, -0.25) is 0 Å². The van der Waals surface area contributed by atoms with Crippen LogP contribution >= 0.6 is 11.8 Å². The van der Waals surface area contributed by atoms with Crippen molar-refractivity contribution in [2.75, 3.05) is 7.05 Å². The Bertz CT molecular complexity index is 617. The lowest BCUT2D eigenvalue weighted by atomic mass is 10.1. The lowest BCUT2D eigenvalue weighted by Gasteiger charge is -2.05. The van der Waals surface area contributed by atoms with Crippen LogP contribution < -0.4 is 5.32 Å². The van der Waals surface area contributed by atoms with Crippen molar-refractivity contribution in [2.24, 2.45) is 0 Å². The van der Waals surface area contributed by atoms with E-state index in [0.29, 0.717) is 11.3 Å². The van der Waals surface area contributed by atoms with Crippen molar-refractivity contribution in [1.82, 2.24) is 5.32 Å². The van der Waals surface area contributed by atoms with Crippen molar-refractivity contribution in [3.63, 3.8) is 0 Å². The van der Waals surface area contributed by atoms with Gasteiger partial charge in [0.15, 0.2) is 0 Å². The Balaban J connectivity index is 2.01. The molecule has 0 spiro atoms. The first-order valence-electron chi connectivity index (χ1n) is 6.27. The van der Waals surface area contributed by atoms with Crippen LogP contribution in [0.5, 0.6) is 0 Å². The van der Waals surface area contributed by atoms with Crippen LogP contribution in [0, 0.1) is 17.1 Å². The Hall–Kier alpha value is -1.83. The van der Waals surface area contributed by atoms with E-state index in [4.69, 9.17) is 5.26 Å². The van der Waals surface area contributed by atoms with Gasteiger partial charge in [0.1, 0.15) is 5.82 Å². The van der Waals surface area contributed by atoms with Gasteiger partial charge in [-0.25, -0.2) is 4.39 Å². The van der Waals surface area contributed by atoms with Gasteiger partial charge in [0.05, 0.1) is 11.6 Å². The second kappa shape index (κ2) is 7.09. The van der Waals surface area contributed by atoms with E-state index in [1.165, 1.54) is 17.7 Å². The molecule has 0 aliphatic heterocycles. The molecule has 0 saturated heterocycles. The number of benzene rings is 2. The lowest BCUT2D eigenvalue weighted by Crippen LogP contribution is -2.04. The topological polar surface area (TPSA) is 35.8 Å². The number of nitrogens with zero attached hydrogens (tertiary/aromatic N) is 1. The zero-order valence-corrected chi connectivity index (χ0v) is 12.0. The molecule has 0 heterocycles. The van der Waals surface area contributed by atoms with E-state index in [-0.39, 0.29) is 5.82 Å². The van der Waals surface area contributed by atoms with Crippen molar-refractivity contribution in [2.45, 2.75) is 17.2 Å². The van der Waals surface area contributed by atoms with Gasteiger partial charge in [-0.05, 0) is 48.5 Å². The van der Waals surface area contributed by atoms with Crippen molar-refractivity contribution < 1.29 is 4.39 Å². The van der Waals surface area contributed by atoms with Crippen molar-refractivity contribution >= 4 is 11.8 Å². The molecular weight excluding hydrogens is 271 g/mol. The van der Waals surface area contributed by atoms with Gasteiger partial charge >= 0.3 is 0 Å². The zero-order chi connectivity index (χ0) is 14.4. The molecule has 2 nitrogen and oxygen atoms in total. The Morgan fingerprint density at radius 2 is 1.90 bits per heavy atom. The molecule has 2 rings (SSSR count). The third kappa shape index (κ3) is 4.09. The maximum Gasteiger partial charge on any atom is 0.124 e. The number of nitrogens with one attached hydrogen (secondary N) is 1. The minimum Gasteiger partial charge on any atom is -0.316 e. The number of nitriles is 1. The molecule has 0 aromatic heterocycles. The summed E-state index contributed by atoms with van der Waals surface area (Å²) in [6, 6.07) is 14.7. The zero-order valence-electron chi connectivity index (χ0n) is 11.2. The summed E-state index contributed by atoms with van der Waals surface area (Å²) in [7, 11) is 1.92. The average Bonchev–Trinajstić information content (AvgIpc) is 2.46. The summed E-state index contributed by atoms with van der Waals surface area (Å²) in [5, 5.41) is 11.9. The van der Waals surface area contributed by atoms with Gasteiger partial charge in [0.2, 0.25) is 0 Å². The third-order valence-corrected chi connectivity index (χ3v) is 3.88. The summed E-state index contributed by atoms with van der Waals surface area (Å²) in [6.45, 7) is 0.848. The van der Waals surface area contributed by atoms with Crippen LogP contribution in [-0.2, 0) is 12.3 Å². The lowest BCUT2D eigenvalue weighted by molar-refractivity contribution is 0.626. The first kappa shape index (κ1) is 14.6. The number of hydrogen-bond acceptors (Lipinski definition) is 3. The number of thioether (sulfide) groups is 1. The van der Waals surface area contributed by atoms with Crippen LogP contribution in [0.3, 0.4) is 0 Å². The van der Waals surface area contributed by atoms with Gasteiger partial charge in [0.25, 0.3) is 0 Å². The highest BCUT2D eigenvalue weighted by Crippen LogP contribution is 2.24. The van der Waals surface area contributed by atoms with Crippen molar-refractivity contribution in [1.29, 1.82) is 5.26 Å². The van der Waals surface area contributed by atoms with E-state index in [1.807, 2.05) is 13.1 Å². The molecule has 0 saturated carbocycles. The van der Waals surface area contributed by atoms with Crippen molar-refractivity contribution in [3.05, 3.63) is 65.0 Å². The van der Waals surface area contributed by atoms with Gasteiger partial charge in [-0.2, -0.15) is 5.26 Å². The van der Waals surface area contributed by atoms with Crippen LogP contribution in [0.25, 0.3) is 0 Å². The normalized spacial score (nSPS) is 10.2. The molecule has 0 fully saturated rings. The first-order chi connectivity index (χ1) is 9.71. The minimum absolute atomic E-state index is 0.357. The van der Waals surface area contributed by atoms with Crippen LogP contribution in [0.2, 0.25) is 0 Å². The van der Waals surface area contributed by atoms with E-state index in [1.54, 1.807) is 17.8 Å². The highest BCUT2D eigenvalue weighted by molar-refractivity contribution is 7.98. The molecule has 0 radical (unpaired) electrons. The predicted octanol–water partition coefficient (Wildman–Crippen LogP) is 3.71.